The Hall–Kier alpha value is -3.40. The van der Waals surface area contributed by atoms with E-state index < -0.39 is 0 Å². The van der Waals surface area contributed by atoms with Crippen LogP contribution < -0.4 is 20.9 Å². The summed E-state index contributed by atoms with van der Waals surface area (Å²) in [6, 6.07) is 6.30. The van der Waals surface area contributed by atoms with Gasteiger partial charge in [-0.25, -0.2) is 9.97 Å². The topological polar surface area (TPSA) is 125 Å². The minimum absolute atomic E-state index is 0.0576. The van der Waals surface area contributed by atoms with Crippen molar-refractivity contribution in [2.45, 2.75) is 84.3 Å². The van der Waals surface area contributed by atoms with Gasteiger partial charge in [0.15, 0.2) is 5.65 Å². The van der Waals surface area contributed by atoms with Gasteiger partial charge in [-0.05, 0) is 64.0 Å². The zero-order valence-electron chi connectivity index (χ0n) is 22.9. The molecule has 4 rings (SSSR count). The molecular weight excluding hydrogens is 480 g/mol. The molecule has 1 amide bonds. The highest BCUT2D eigenvalue weighted by atomic mass is 16.3. The summed E-state index contributed by atoms with van der Waals surface area (Å²) < 4.78 is 1.92. The zero-order chi connectivity index (χ0) is 27.1. The number of fused-ring (bicyclic) bond motifs is 1. The van der Waals surface area contributed by atoms with Gasteiger partial charge in [0.05, 0.1) is 6.20 Å². The number of nitrogens with two attached hydrogens (primary N) is 1. The van der Waals surface area contributed by atoms with Gasteiger partial charge in [0.2, 0.25) is 5.91 Å². The molecule has 38 heavy (non-hydrogen) atoms. The maximum absolute atomic E-state index is 12.4. The van der Waals surface area contributed by atoms with E-state index in [1.807, 2.05) is 36.7 Å². The van der Waals surface area contributed by atoms with E-state index >= 15 is 0 Å². The Bertz CT molecular complexity index is 1190. The summed E-state index contributed by atoms with van der Waals surface area (Å²) in [6.45, 7) is 8.40. The van der Waals surface area contributed by atoms with Gasteiger partial charge in [-0.3, -0.25) is 4.79 Å². The Labute approximate surface area is 225 Å². The van der Waals surface area contributed by atoms with E-state index in [9.17, 15) is 9.90 Å². The molecule has 3 aromatic rings. The lowest BCUT2D eigenvalue weighted by Crippen LogP contribution is -2.41. The molecule has 0 aliphatic carbocycles. The minimum Gasteiger partial charge on any atom is -0.396 e. The van der Waals surface area contributed by atoms with Crippen LogP contribution in [0, 0.1) is 0 Å². The van der Waals surface area contributed by atoms with Gasteiger partial charge in [-0.2, -0.15) is 9.61 Å². The first-order valence-corrected chi connectivity index (χ1v) is 13.9. The fraction of sp³-hybridized carbons (Fsp3) is 0.571. The molecule has 4 N–H and O–H groups in total. The van der Waals surface area contributed by atoms with Gasteiger partial charge in [-0.15, -0.1) is 0 Å². The normalized spacial score (nSPS) is 15.8. The number of carbonyl (C=O) groups excluding carboxylic acids is 1. The van der Waals surface area contributed by atoms with E-state index in [0.29, 0.717) is 31.7 Å². The van der Waals surface area contributed by atoms with Crippen LogP contribution in [0.15, 0.2) is 30.6 Å². The summed E-state index contributed by atoms with van der Waals surface area (Å²) in [5, 5.41) is 17.4. The standard InChI is InChI=1S/C28H42N8O2/c1-4-22-18-31-36-27(16-25(33-28(22)36)35-14-6-5-8-23(35)12-15-37)34(13-7-9-26(38)32-20(2)3)19-21-10-11-24(29)30-17-21/h10-11,16-18,20,23,37H,4-9,12-15,19H2,1-3H3,(H2,29,30)(H,32,38)/t23-/m0/s1. The van der Waals surface area contributed by atoms with Gasteiger partial charge >= 0.3 is 0 Å². The molecule has 0 aromatic carbocycles. The molecule has 1 saturated heterocycles. The number of hydrogen-bond donors (Lipinski definition) is 3. The molecule has 0 saturated carbocycles. The molecule has 1 aliphatic heterocycles. The number of aliphatic hydroxyl groups excluding tert-OH is 1. The van der Waals surface area contributed by atoms with Gasteiger partial charge < -0.3 is 26.0 Å². The van der Waals surface area contributed by atoms with Crippen molar-refractivity contribution < 1.29 is 9.90 Å². The predicted molar refractivity (Wildman–Crippen MR) is 151 cm³/mol. The Morgan fingerprint density at radius 3 is 2.84 bits per heavy atom. The summed E-state index contributed by atoms with van der Waals surface area (Å²) in [4.78, 5) is 26.4. The van der Waals surface area contributed by atoms with Crippen LogP contribution in [0.1, 0.15) is 70.4 Å². The van der Waals surface area contributed by atoms with E-state index in [1.54, 1.807) is 6.20 Å². The summed E-state index contributed by atoms with van der Waals surface area (Å²) >= 11 is 0. The van der Waals surface area contributed by atoms with Crippen LogP contribution in [-0.4, -0.2) is 62.4 Å². The second-order valence-electron chi connectivity index (χ2n) is 10.4. The number of anilines is 3. The van der Waals surface area contributed by atoms with Crippen LogP contribution in [0.2, 0.25) is 0 Å². The Morgan fingerprint density at radius 2 is 2.13 bits per heavy atom. The molecule has 4 heterocycles. The number of aromatic nitrogens is 4. The van der Waals surface area contributed by atoms with E-state index in [4.69, 9.17) is 15.8 Å². The highest BCUT2D eigenvalue weighted by Gasteiger charge is 2.26. The van der Waals surface area contributed by atoms with Crippen LogP contribution in [-0.2, 0) is 17.8 Å². The number of nitrogens with one attached hydrogen (secondary N) is 1. The van der Waals surface area contributed by atoms with E-state index in [-0.39, 0.29) is 24.6 Å². The van der Waals surface area contributed by atoms with Crippen molar-refractivity contribution in [1.29, 1.82) is 0 Å². The molecule has 0 spiro atoms. The maximum Gasteiger partial charge on any atom is 0.220 e. The van der Waals surface area contributed by atoms with E-state index in [2.05, 4.69) is 33.1 Å². The molecule has 10 nitrogen and oxygen atoms in total. The number of aliphatic hydroxyl groups is 1. The maximum atomic E-state index is 12.4. The van der Waals surface area contributed by atoms with Crippen LogP contribution in [0.25, 0.3) is 5.65 Å². The molecule has 3 aromatic heterocycles. The highest BCUT2D eigenvalue weighted by molar-refractivity contribution is 5.76. The Kier molecular flexibility index (Phi) is 9.38. The average Bonchev–Trinajstić information content (AvgIpc) is 3.32. The molecule has 1 aliphatic rings. The lowest BCUT2D eigenvalue weighted by molar-refractivity contribution is -0.121. The van der Waals surface area contributed by atoms with Crippen molar-refractivity contribution in [1.82, 2.24) is 24.9 Å². The number of pyridine rings is 1. The zero-order valence-corrected chi connectivity index (χ0v) is 22.9. The molecule has 0 unspecified atom stereocenters. The number of rotatable bonds is 12. The SMILES string of the molecule is CCc1cnn2c(N(CCCC(=O)NC(C)C)Cc3ccc(N)nc3)cc(N3CCCC[C@H]3CCO)nc12. The number of piperidine rings is 1. The lowest BCUT2D eigenvalue weighted by atomic mass is 9.99. The fourth-order valence-electron chi connectivity index (χ4n) is 5.20. The highest BCUT2D eigenvalue weighted by Crippen LogP contribution is 2.31. The third-order valence-corrected chi connectivity index (χ3v) is 7.10. The summed E-state index contributed by atoms with van der Waals surface area (Å²) in [5.41, 5.74) is 8.81. The van der Waals surface area contributed by atoms with Gasteiger partial charge in [-0.1, -0.05) is 13.0 Å². The predicted octanol–water partition coefficient (Wildman–Crippen LogP) is 3.32. The Morgan fingerprint density at radius 1 is 1.29 bits per heavy atom. The summed E-state index contributed by atoms with van der Waals surface area (Å²) in [7, 11) is 0. The molecular formula is C28H42N8O2. The second kappa shape index (κ2) is 12.9. The first kappa shape index (κ1) is 27.6. The molecule has 1 atom stereocenters. The van der Waals surface area contributed by atoms with Crippen molar-refractivity contribution in [3.63, 3.8) is 0 Å². The number of hydrogen-bond acceptors (Lipinski definition) is 8. The minimum atomic E-state index is 0.0576. The van der Waals surface area contributed by atoms with Gasteiger partial charge in [0, 0.05) is 62.6 Å². The number of nitrogens with zero attached hydrogens (tertiary/aromatic N) is 6. The molecule has 206 valence electrons. The van der Waals surface area contributed by atoms with Crippen LogP contribution >= 0.6 is 0 Å². The third-order valence-electron chi connectivity index (χ3n) is 7.10. The number of carbonyl (C=O) groups is 1. The van der Waals surface area contributed by atoms with Crippen molar-refractivity contribution in [3.8, 4) is 0 Å². The quantitative estimate of drug-likeness (QED) is 0.331. The smallest absolute Gasteiger partial charge is 0.220 e. The van der Waals surface area contributed by atoms with Crippen molar-refractivity contribution in [2.75, 3.05) is 35.2 Å². The van der Waals surface area contributed by atoms with Gasteiger partial charge in [0.1, 0.15) is 17.5 Å². The molecule has 0 radical (unpaired) electrons. The van der Waals surface area contributed by atoms with Crippen LogP contribution in [0.5, 0.6) is 0 Å². The lowest BCUT2D eigenvalue weighted by Gasteiger charge is -2.37. The largest absolute Gasteiger partial charge is 0.396 e. The average molecular weight is 523 g/mol. The monoisotopic (exact) mass is 522 g/mol. The third kappa shape index (κ3) is 6.72. The number of amides is 1. The summed E-state index contributed by atoms with van der Waals surface area (Å²) in [5.74, 6) is 2.39. The summed E-state index contributed by atoms with van der Waals surface area (Å²) in [6.07, 6.45) is 9.72. The second-order valence-corrected chi connectivity index (χ2v) is 10.4. The van der Waals surface area contributed by atoms with Crippen LogP contribution in [0.3, 0.4) is 0 Å². The molecule has 10 heteroatoms. The van der Waals surface area contributed by atoms with Crippen molar-refractivity contribution >= 4 is 29.0 Å². The number of aryl methyl sites for hydroxylation is 1. The molecule has 1 fully saturated rings. The van der Waals surface area contributed by atoms with E-state index in [0.717, 1.165) is 67.1 Å². The number of nitrogen functional groups attached to an aromatic ring is 1. The first-order chi connectivity index (χ1) is 18.4. The fourth-order valence-corrected chi connectivity index (χ4v) is 5.20. The van der Waals surface area contributed by atoms with Crippen molar-refractivity contribution in [3.05, 3.63) is 41.7 Å². The first-order valence-electron chi connectivity index (χ1n) is 13.9. The van der Waals surface area contributed by atoms with E-state index in [1.165, 1.54) is 0 Å². The van der Waals surface area contributed by atoms with Crippen molar-refractivity contribution in [2.24, 2.45) is 0 Å². The van der Waals surface area contributed by atoms with Gasteiger partial charge in [0.25, 0.3) is 0 Å². The van der Waals surface area contributed by atoms with Crippen LogP contribution in [0.4, 0.5) is 17.5 Å². The molecule has 0 bridgehead atoms. The Balaban J connectivity index is 1.72.